The molecule has 0 aliphatic carbocycles. The lowest BCUT2D eigenvalue weighted by molar-refractivity contribution is -0.144. The number of hydrogen-bond donors (Lipinski definition) is 0. The van der Waals surface area contributed by atoms with Gasteiger partial charge in [0.2, 0.25) is 21.8 Å². The molecule has 3 heterocycles. The van der Waals surface area contributed by atoms with Crippen LogP contribution in [0.2, 0.25) is 0 Å². The number of nitrogens with zero attached hydrogens (tertiary/aromatic N) is 3. The molecule has 3 fully saturated rings. The minimum atomic E-state index is -4.64. The normalized spacial score (nSPS) is 27.6. The molecule has 1 aromatic rings. The van der Waals surface area contributed by atoms with E-state index >= 15 is 0 Å². The molecule has 0 spiro atoms. The minimum Gasteiger partial charge on any atom is -0.338 e. The number of alkyl halides is 3. The van der Waals surface area contributed by atoms with Crippen LogP contribution in [0.25, 0.3) is 0 Å². The smallest absolute Gasteiger partial charge is 0.338 e. The van der Waals surface area contributed by atoms with Gasteiger partial charge in [-0.1, -0.05) is 6.07 Å². The molecule has 170 valence electrons. The Kier molecular flexibility index (Phi) is 5.54. The molecule has 3 saturated heterocycles. The van der Waals surface area contributed by atoms with E-state index < -0.39 is 32.7 Å². The predicted octanol–water partition coefficient (Wildman–Crippen LogP) is 1.99. The van der Waals surface area contributed by atoms with Gasteiger partial charge in [-0.15, -0.1) is 11.8 Å². The Bertz CT molecular complexity index is 1010. The maximum absolute atomic E-state index is 13.0. The number of rotatable bonds is 3. The second-order valence-corrected chi connectivity index (χ2v) is 11.5. The quantitative estimate of drug-likeness (QED) is 0.666. The van der Waals surface area contributed by atoms with E-state index in [0.717, 1.165) is 22.5 Å². The van der Waals surface area contributed by atoms with E-state index in [1.165, 1.54) is 0 Å². The summed E-state index contributed by atoms with van der Waals surface area (Å²) in [5.74, 6) is 0.253. The molecule has 12 heteroatoms. The molecule has 0 bridgehead atoms. The number of halogens is 3. The Labute approximate surface area is 182 Å². The SMILES string of the molecule is C[C@]12CCC(=O)N1[C@@H](C(=O)N1CCN(S(=O)(=O)c3cccc(C(F)(F)F)c3)CC1)CS2. The van der Waals surface area contributed by atoms with E-state index in [4.69, 9.17) is 0 Å². The predicted molar refractivity (Wildman–Crippen MR) is 108 cm³/mol. The highest BCUT2D eigenvalue weighted by Gasteiger charge is 2.53. The van der Waals surface area contributed by atoms with E-state index in [9.17, 15) is 31.2 Å². The zero-order chi connectivity index (χ0) is 22.6. The maximum atomic E-state index is 13.0. The van der Waals surface area contributed by atoms with Gasteiger partial charge in [0.1, 0.15) is 6.04 Å². The van der Waals surface area contributed by atoms with Crippen molar-refractivity contribution in [3.05, 3.63) is 29.8 Å². The van der Waals surface area contributed by atoms with Gasteiger partial charge in [-0.2, -0.15) is 17.5 Å². The minimum absolute atomic E-state index is 0.0185. The average molecular weight is 478 g/mol. The molecule has 0 unspecified atom stereocenters. The van der Waals surface area contributed by atoms with Crippen LogP contribution in [0, 0.1) is 0 Å². The molecule has 7 nitrogen and oxygen atoms in total. The Hall–Kier alpha value is -1.79. The summed E-state index contributed by atoms with van der Waals surface area (Å²) in [4.78, 5) is 27.7. The summed E-state index contributed by atoms with van der Waals surface area (Å²) in [6.07, 6.45) is -3.53. The van der Waals surface area contributed by atoms with Gasteiger partial charge in [0, 0.05) is 38.4 Å². The fraction of sp³-hybridized carbons (Fsp3) is 0.579. The molecule has 0 saturated carbocycles. The highest BCUT2D eigenvalue weighted by Crippen LogP contribution is 2.47. The molecule has 2 amide bonds. The standard InChI is InChI=1S/C19H22F3N3O4S2/c1-18-6-5-16(26)25(18)15(12-30-18)17(27)23-7-9-24(10-8-23)31(28,29)14-4-2-3-13(11-14)19(20,21)22/h2-4,11,15H,5-10,12H2,1H3/t15-,18+/m1/s1. The summed E-state index contributed by atoms with van der Waals surface area (Å²) in [6.45, 7) is 2.16. The molecule has 0 N–H and O–H groups in total. The molecular weight excluding hydrogens is 455 g/mol. The third kappa shape index (κ3) is 3.93. The highest BCUT2D eigenvalue weighted by molar-refractivity contribution is 8.01. The molecule has 1 aromatic carbocycles. The summed E-state index contributed by atoms with van der Waals surface area (Å²) in [5.41, 5.74) is -1.03. The lowest BCUT2D eigenvalue weighted by Crippen LogP contribution is -2.56. The first kappa shape index (κ1) is 22.4. The summed E-state index contributed by atoms with van der Waals surface area (Å²) in [7, 11) is -4.12. The summed E-state index contributed by atoms with van der Waals surface area (Å²) in [6, 6.07) is 3.09. The number of fused-ring (bicyclic) bond motifs is 1. The molecule has 31 heavy (non-hydrogen) atoms. The summed E-state index contributed by atoms with van der Waals surface area (Å²) < 4.78 is 65.6. The van der Waals surface area contributed by atoms with Gasteiger partial charge in [-0.05, 0) is 31.5 Å². The van der Waals surface area contributed by atoms with E-state index in [1.54, 1.807) is 21.6 Å². The number of amides is 2. The fourth-order valence-corrected chi connectivity index (χ4v) is 7.24. The number of hydrogen-bond acceptors (Lipinski definition) is 5. The van der Waals surface area contributed by atoms with Crippen LogP contribution in [-0.4, -0.2) is 77.2 Å². The fourth-order valence-electron chi connectivity index (χ4n) is 4.34. The lowest BCUT2D eigenvalue weighted by Gasteiger charge is -2.37. The Morgan fingerprint density at radius 3 is 2.52 bits per heavy atom. The number of sulfonamides is 1. The first-order chi connectivity index (χ1) is 14.4. The summed E-state index contributed by atoms with van der Waals surface area (Å²) in [5, 5.41) is 0. The number of benzene rings is 1. The third-order valence-corrected chi connectivity index (χ3v) is 9.48. The number of carbonyl (C=O) groups is 2. The van der Waals surface area contributed by atoms with Gasteiger partial charge in [0.25, 0.3) is 0 Å². The Balaban J connectivity index is 1.44. The topological polar surface area (TPSA) is 78.0 Å². The van der Waals surface area contributed by atoms with Crippen molar-refractivity contribution in [3.63, 3.8) is 0 Å². The highest BCUT2D eigenvalue weighted by atomic mass is 32.2. The molecule has 4 rings (SSSR count). The molecule has 3 aliphatic heterocycles. The van der Waals surface area contributed by atoms with Crippen molar-refractivity contribution in [1.82, 2.24) is 14.1 Å². The Morgan fingerprint density at radius 2 is 1.87 bits per heavy atom. The monoisotopic (exact) mass is 477 g/mol. The zero-order valence-electron chi connectivity index (χ0n) is 16.8. The van der Waals surface area contributed by atoms with Crippen molar-refractivity contribution in [2.75, 3.05) is 31.9 Å². The summed E-state index contributed by atoms with van der Waals surface area (Å²) >= 11 is 1.58. The molecule has 3 aliphatic rings. The Morgan fingerprint density at radius 1 is 1.19 bits per heavy atom. The number of piperazine rings is 1. The molecular formula is C19H22F3N3O4S2. The van der Waals surface area contributed by atoms with Crippen molar-refractivity contribution in [2.24, 2.45) is 0 Å². The average Bonchev–Trinajstić information content (AvgIpc) is 3.22. The van der Waals surface area contributed by atoms with E-state index in [-0.39, 0.29) is 42.9 Å². The van der Waals surface area contributed by atoms with Gasteiger partial charge in [0.15, 0.2) is 0 Å². The van der Waals surface area contributed by atoms with Gasteiger partial charge in [-0.3, -0.25) is 9.59 Å². The van der Waals surface area contributed by atoms with E-state index in [2.05, 4.69) is 0 Å². The van der Waals surface area contributed by atoms with Crippen LogP contribution in [-0.2, 0) is 25.8 Å². The van der Waals surface area contributed by atoms with E-state index in [0.29, 0.717) is 24.7 Å². The lowest BCUT2D eigenvalue weighted by atomic mass is 10.2. The zero-order valence-corrected chi connectivity index (χ0v) is 18.4. The second kappa shape index (κ2) is 7.66. The van der Waals surface area contributed by atoms with Crippen LogP contribution in [0.15, 0.2) is 29.2 Å². The van der Waals surface area contributed by atoms with Gasteiger partial charge < -0.3 is 9.80 Å². The number of carbonyl (C=O) groups excluding carboxylic acids is 2. The van der Waals surface area contributed by atoms with Crippen LogP contribution in [0.4, 0.5) is 13.2 Å². The van der Waals surface area contributed by atoms with Crippen LogP contribution < -0.4 is 0 Å². The van der Waals surface area contributed by atoms with Crippen molar-refractivity contribution in [3.8, 4) is 0 Å². The van der Waals surface area contributed by atoms with Crippen molar-refractivity contribution < 1.29 is 31.2 Å². The van der Waals surface area contributed by atoms with Crippen molar-refractivity contribution in [2.45, 2.75) is 41.7 Å². The van der Waals surface area contributed by atoms with Crippen LogP contribution >= 0.6 is 11.8 Å². The van der Waals surface area contributed by atoms with Crippen LogP contribution in [0.3, 0.4) is 0 Å². The van der Waals surface area contributed by atoms with Crippen molar-refractivity contribution in [1.29, 1.82) is 0 Å². The van der Waals surface area contributed by atoms with Gasteiger partial charge in [-0.25, -0.2) is 8.42 Å². The van der Waals surface area contributed by atoms with Crippen LogP contribution in [0.5, 0.6) is 0 Å². The first-order valence-electron chi connectivity index (χ1n) is 9.86. The first-order valence-corrected chi connectivity index (χ1v) is 12.3. The second-order valence-electron chi connectivity index (χ2n) is 8.02. The van der Waals surface area contributed by atoms with E-state index in [1.807, 2.05) is 6.92 Å². The third-order valence-electron chi connectivity index (χ3n) is 6.08. The van der Waals surface area contributed by atoms with Gasteiger partial charge >= 0.3 is 6.18 Å². The molecule has 0 aromatic heterocycles. The maximum Gasteiger partial charge on any atom is 0.416 e. The van der Waals surface area contributed by atoms with Crippen molar-refractivity contribution >= 4 is 33.6 Å². The largest absolute Gasteiger partial charge is 0.416 e. The molecule has 0 radical (unpaired) electrons. The molecule has 2 atom stereocenters. The number of thioether (sulfide) groups is 1. The van der Waals surface area contributed by atoms with Gasteiger partial charge in [0.05, 0.1) is 15.3 Å². The van der Waals surface area contributed by atoms with Crippen LogP contribution in [0.1, 0.15) is 25.3 Å².